The van der Waals surface area contributed by atoms with Gasteiger partial charge in [0.15, 0.2) is 4.80 Å². The summed E-state index contributed by atoms with van der Waals surface area (Å²) in [6.07, 6.45) is 1.50. The van der Waals surface area contributed by atoms with Gasteiger partial charge in [0.2, 0.25) is 0 Å². The number of nitrogens with zero attached hydrogens (tertiary/aromatic N) is 2. The Morgan fingerprint density at radius 1 is 1.21 bits per heavy atom. The average Bonchev–Trinajstić information content (AvgIpc) is 3.06. The minimum atomic E-state index is -0.753. The van der Waals surface area contributed by atoms with Crippen LogP contribution >= 0.6 is 46.1 Å². The number of thiazole rings is 1. The van der Waals surface area contributed by atoms with Gasteiger partial charge in [0.25, 0.3) is 5.56 Å². The first-order valence-electron chi connectivity index (χ1n) is 9.84. The summed E-state index contributed by atoms with van der Waals surface area (Å²) in [6.45, 7) is 3.60. The molecule has 1 aromatic heterocycles. The van der Waals surface area contributed by atoms with E-state index in [0.29, 0.717) is 36.2 Å². The molecule has 0 fully saturated rings. The van der Waals surface area contributed by atoms with E-state index in [9.17, 15) is 14.7 Å². The third kappa shape index (κ3) is 4.46. The Morgan fingerprint density at radius 2 is 1.91 bits per heavy atom. The molecule has 4 rings (SSSR count). The first kappa shape index (κ1) is 23.6. The zero-order valence-electron chi connectivity index (χ0n) is 17.4. The highest BCUT2D eigenvalue weighted by atomic mass is 35.5. The largest absolute Gasteiger partial charge is 0.506 e. The predicted octanol–water partition coefficient (Wildman–Crippen LogP) is 4.46. The molecule has 10 heteroatoms. The zero-order chi connectivity index (χ0) is 23.9. The highest BCUT2D eigenvalue weighted by Crippen LogP contribution is 2.33. The van der Waals surface area contributed by atoms with E-state index in [2.05, 4.69) is 4.99 Å². The van der Waals surface area contributed by atoms with Crippen molar-refractivity contribution in [1.82, 2.24) is 4.57 Å². The van der Waals surface area contributed by atoms with Crippen LogP contribution in [0, 0.1) is 0 Å². The summed E-state index contributed by atoms with van der Waals surface area (Å²) < 4.78 is 7.00. The molecule has 1 atom stereocenters. The lowest BCUT2D eigenvalue weighted by Gasteiger charge is -2.24. The van der Waals surface area contributed by atoms with Crippen molar-refractivity contribution < 1.29 is 14.6 Å². The van der Waals surface area contributed by atoms with Gasteiger partial charge in [-0.25, -0.2) is 9.79 Å². The van der Waals surface area contributed by atoms with E-state index >= 15 is 0 Å². The van der Waals surface area contributed by atoms with Gasteiger partial charge in [0.05, 0.1) is 33.5 Å². The van der Waals surface area contributed by atoms with Crippen LogP contribution in [-0.2, 0) is 9.53 Å². The fourth-order valence-corrected chi connectivity index (χ4v) is 5.26. The molecule has 0 aliphatic carbocycles. The normalized spacial score (nSPS) is 15.9. The molecule has 0 radical (unpaired) electrons. The predicted molar refractivity (Wildman–Crippen MR) is 130 cm³/mol. The number of rotatable bonds is 4. The molecule has 0 amide bonds. The number of ether oxygens (including phenoxy) is 1. The molecule has 0 bridgehead atoms. The summed E-state index contributed by atoms with van der Waals surface area (Å²) >= 11 is 19.3. The van der Waals surface area contributed by atoms with Crippen LogP contribution in [-0.4, -0.2) is 22.2 Å². The number of hydrogen-bond donors (Lipinski definition) is 1. The van der Waals surface area contributed by atoms with Gasteiger partial charge in [-0.1, -0.05) is 58.3 Å². The van der Waals surface area contributed by atoms with E-state index in [4.69, 9.17) is 39.5 Å². The van der Waals surface area contributed by atoms with Gasteiger partial charge in [-0.05, 0) is 49.8 Å². The maximum absolute atomic E-state index is 13.5. The second-order valence-electron chi connectivity index (χ2n) is 7.18. The van der Waals surface area contributed by atoms with E-state index in [1.54, 1.807) is 38.1 Å². The number of benzene rings is 2. The second-order valence-corrected chi connectivity index (χ2v) is 9.47. The zero-order valence-corrected chi connectivity index (χ0v) is 20.5. The number of hydrogen-bond acceptors (Lipinski definition) is 6. The highest BCUT2D eigenvalue weighted by molar-refractivity contribution is 7.07. The fraction of sp³-hybridized carbons (Fsp3) is 0.174. The number of aromatic nitrogens is 1. The molecule has 0 saturated heterocycles. The molecule has 2 heterocycles. The summed E-state index contributed by atoms with van der Waals surface area (Å²) in [4.78, 5) is 31.3. The molecule has 6 nitrogen and oxygen atoms in total. The van der Waals surface area contributed by atoms with Crippen LogP contribution in [0.3, 0.4) is 0 Å². The molecule has 2 aromatic carbocycles. The number of allylic oxidation sites excluding steroid dienone is 1. The van der Waals surface area contributed by atoms with Gasteiger partial charge in [-0.2, -0.15) is 0 Å². The number of esters is 1. The molecule has 3 aromatic rings. The van der Waals surface area contributed by atoms with Crippen LogP contribution in [0.25, 0.3) is 6.08 Å². The number of fused-ring (bicyclic) bond motifs is 1. The van der Waals surface area contributed by atoms with Crippen LogP contribution in [0.4, 0.5) is 0 Å². The van der Waals surface area contributed by atoms with E-state index in [1.165, 1.54) is 22.8 Å². The number of carbonyl (C=O) groups excluding carboxylic acids is 1. The summed E-state index contributed by atoms with van der Waals surface area (Å²) in [5.41, 5.74) is 1.31. The van der Waals surface area contributed by atoms with Crippen molar-refractivity contribution in [2.75, 3.05) is 6.61 Å². The first-order valence-corrected chi connectivity index (χ1v) is 11.8. The molecule has 1 aliphatic heterocycles. The molecule has 0 spiro atoms. The summed E-state index contributed by atoms with van der Waals surface area (Å²) in [7, 11) is 0. The molecular formula is C23H17Cl3N2O4S. The second kappa shape index (κ2) is 9.35. The van der Waals surface area contributed by atoms with Gasteiger partial charge < -0.3 is 9.84 Å². The van der Waals surface area contributed by atoms with Crippen molar-refractivity contribution in [2.45, 2.75) is 19.9 Å². The smallest absolute Gasteiger partial charge is 0.338 e. The van der Waals surface area contributed by atoms with Gasteiger partial charge in [0.1, 0.15) is 5.75 Å². The third-order valence-electron chi connectivity index (χ3n) is 5.05. The Morgan fingerprint density at radius 3 is 2.58 bits per heavy atom. The van der Waals surface area contributed by atoms with Crippen LogP contribution < -0.4 is 14.9 Å². The SMILES string of the molecule is CCOC(=O)C1=C(C)N=c2s/c(=C/c3cc(Cl)cc(Cl)c3O)c(=O)n2C1c1ccc(Cl)cc1. The van der Waals surface area contributed by atoms with Gasteiger partial charge in [-0.15, -0.1) is 0 Å². The van der Waals surface area contributed by atoms with Crippen molar-refractivity contribution in [2.24, 2.45) is 4.99 Å². The Hall–Kier alpha value is -2.58. The van der Waals surface area contributed by atoms with Crippen LogP contribution in [0.1, 0.15) is 31.0 Å². The number of phenolic OH excluding ortho intramolecular Hbond substituents is 1. The van der Waals surface area contributed by atoms with Crippen molar-refractivity contribution in [3.05, 3.63) is 93.6 Å². The van der Waals surface area contributed by atoms with E-state index in [-0.39, 0.29) is 28.5 Å². The van der Waals surface area contributed by atoms with E-state index in [0.717, 1.165) is 11.3 Å². The quantitative estimate of drug-likeness (QED) is 0.512. The topological polar surface area (TPSA) is 80.9 Å². The Bertz CT molecular complexity index is 1470. The van der Waals surface area contributed by atoms with Crippen molar-refractivity contribution in [3.63, 3.8) is 0 Å². The number of phenols is 1. The standard InChI is InChI=1S/C23H17Cl3N2O4S/c1-3-32-22(31)18-11(2)27-23-28(19(18)12-4-6-14(24)7-5-12)21(30)17(33-23)9-13-8-15(25)10-16(26)20(13)29/h4-10,19,29H,3H2,1-2H3/b17-9+. The van der Waals surface area contributed by atoms with Gasteiger partial charge >= 0.3 is 5.97 Å². The lowest BCUT2D eigenvalue weighted by Crippen LogP contribution is -2.39. The van der Waals surface area contributed by atoms with Crippen molar-refractivity contribution in [1.29, 1.82) is 0 Å². The number of carbonyl (C=O) groups is 1. The maximum Gasteiger partial charge on any atom is 0.338 e. The Kier molecular flexibility index (Phi) is 6.68. The third-order valence-corrected chi connectivity index (χ3v) is 6.79. The maximum atomic E-state index is 13.5. The lowest BCUT2D eigenvalue weighted by molar-refractivity contribution is -0.139. The lowest BCUT2D eigenvalue weighted by atomic mass is 9.96. The average molecular weight is 524 g/mol. The molecule has 1 N–H and O–H groups in total. The minimum absolute atomic E-state index is 0.0704. The Balaban J connectivity index is 1.98. The minimum Gasteiger partial charge on any atom is -0.506 e. The number of halogens is 3. The molecular weight excluding hydrogens is 507 g/mol. The number of aromatic hydroxyl groups is 1. The molecule has 170 valence electrons. The molecule has 1 unspecified atom stereocenters. The molecule has 33 heavy (non-hydrogen) atoms. The van der Waals surface area contributed by atoms with Gasteiger partial charge in [0, 0.05) is 15.6 Å². The van der Waals surface area contributed by atoms with Crippen LogP contribution in [0.5, 0.6) is 5.75 Å². The van der Waals surface area contributed by atoms with Crippen LogP contribution in [0.15, 0.2) is 57.5 Å². The monoisotopic (exact) mass is 522 g/mol. The highest BCUT2D eigenvalue weighted by Gasteiger charge is 2.33. The summed E-state index contributed by atoms with van der Waals surface area (Å²) in [5, 5.41) is 11.2. The van der Waals surface area contributed by atoms with E-state index in [1.807, 2.05) is 0 Å². The Labute approximate surface area is 207 Å². The summed E-state index contributed by atoms with van der Waals surface area (Å²) in [6, 6.07) is 9.05. The molecule has 0 saturated carbocycles. The van der Waals surface area contributed by atoms with E-state index < -0.39 is 12.0 Å². The van der Waals surface area contributed by atoms with Crippen molar-refractivity contribution >= 4 is 58.2 Å². The van der Waals surface area contributed by atoms with Gasteiger partial charge in [-0.3, -0.25) is 9.36 Å². The fourth-order valence-electron chi connectivity index (χ4n) is 3.59. The van der Waals surface area contributed by atoms with Crippen LogP contribution in [0.2, 0.25) is 15.1 Å². The summed E-state index contributed by atoms with van der Waals surface area (Å²) in [5.74, 6) is -0.739. The van der Waals surface area contributed by atoms with Crippen molar-refractivity contribution in [3.8, 4) is 5.75 Å². The molecule has 1 aliphatic rings. The first-order chi connectivity index (χ1) is 15.7.